The third-order valence-corrected chi connectivity index (χ3v) is 5.72. The van der Waals surface area contributed by atoms with Crippen LogP contribution in [0.3, 0.4) is 0 Å². The Morgan fingerprint density at radius 2 is 1.88 bits per heavy atom. The van der Waals surface area contributed by atoms with Crippen molar-refractivity contribution in [3.8, 4) is 17.2 Å². The van der Waals surface area contributed by atoms with Crippen molar-refractivity contribution in [2.45, 2.75) is 25.6 Å². The van der Waals surface area contributed by atoms with Crippen molar-refractivity contribution in [2.75, 3.05) is 34.4 Å². The van der Waals surface area contributed by atoms with E-state index >= 15 is 0 Å². The van der Waals surface area contributed by atoms with Crippen LogP contribution in [0.4, 0.5) is 0 Å². The second-order valence-corrected chi connectivity index (χ2v) is 7.96. The van der Waals surface area contributed by atoms with Gasteiger partial charge < -0.3 is 20.1 Å². The molecule has 174 valence electrons. The zero-order valence-electron chi connectivity index (χ0n) is 19.4. The average molecular weight is 450 g/mol. The number of aromatic nitrogens is 3. The highest BCUT2D eigenvalue weighted by Crippen LogP contribution is 2.24. The Hall–Kier alpha value is -3.59. The Balaban J connectivity index is 1.30. The first-order chi connectivity index (χ1) is 16.2. The molecular weight excluding hydrogens is 418 g/mol. The van der Waals surface area contributed by atoms with E-state index in [1.165, 1.54) is 5.56 Å². The summed E-state index contributed by atoms with van der Waals surface area (Å²) in [6.45, 7) is 3.31. The summed E-state index contributed by atoms with van der Waals surface area (Å²) < 4.78 is 12.8. The lowest BCUT2D eigenvalue weighted by Crippen LogP contribution is -2.44. The number of likely N-dealkylation sites (tertiary alicyclic amines) is 1. The lowest BCUT2D eigenvalue weighted by molar-refractivity contribution is 0.321. The van der Waals surface area contributed by atoms with Crippen molar-refractivity contribution >= 4 is 5.96 Å². The van der Waals surface area contributed by atoms with E-state index < -0.39 is 0 Å². The molecular formula is C24H31N7O2. The number of hydrogen-bond acceptors (Lipinski definition) is 6. The van der Waals surface area contributed by atoms with Gasteiger partial charge in [0.05, 0.1) is 20.8 Å². The van der Waals surface area contributed by atoms with Crippen molar-refractivity contribution in [3.05, 3.63) is 66.2 Å². The fraction of sp³-hybridized carbons (Fsp3) is 0.375. The quantitative estimate of drug-likeness (QED) is 0.403. The summed E-state index contributed by atoms with van der Waals surface area (Å²) in [6.07, 6.45) is 2.77. The van der Waals surface area contributed by atoms with Crippen LogP contribution >= 0.6 is 0 Å². The molecule has 2 heterocycles. The highest BCUT2D eigenvalue weighted by Gasteiger charge is 2.23. The van der Waals surface area contributed by atoms with E-state index in [0.29, 0.717) is 12.6 Å². The van der Waals surface area contributed by atoms with Crippen molar-refractivity contribution in [2.24, 2.45) is 4.99 Å². The number of rotatable bonds is 8. The van der Waals surface area contributed by atoms with Gasteiger partial charge in [-0.1, -0.05) is 18.2 Å². The van der Waals surface area contributed by atoms with Crippen LogP contribution in [0.25, 0.3) is 5.69 Å². The number of para-hydroxylation sites is 1. The number of ether oxygens (including phenoxy) is 2. The van der Waals surface area contributed by atoms with Gasteiger partial charge in [-0.2, -0.15) is 0 Å². The maximum absolute atomic E-state index is 5.40. The van der Waals surface area contributed by atoms with E-state index in [-0.39, 0.29) is 0 Å². The molecule has 0 bridgehead atoms. The number of nitrogens with zero attached hydrogens (tertiary/aromatic N) is 5. The SMILES string of the molecule is CN=C(NCc1nncn1-c1ccccc1)NC1CCN(Cc2cc(OC)cc(OC)c2)C1. The molecule has 0 spiro atoms. The van der Waals surface area contributed by atoms with E-state index in [1.807, 2.05) is 41.0 Å². The Labute approximate surface area is 194 Å². The van der Waals surface area contributed by atoms with Gasteiger partial charge in [0.1, 0.15) is 17.8 Å². The second-order valence-electron chi connectivity index (χ2n) is 7.96. The predicted octanol–water partition coefficient (Wildman–Crippen LogP) is 2.22. The smallest absolute Gasteiger partial charge is 0.191 e. The summed E-state index contributed by atoms with van der Waals surface area (Å²) in [5, 5.41) is 15.2. The first-order valence-corrected chi connectivity index (χ1v) is 11.0. The van der Waals surface area contributed by atoms with E-state index in [0.717, 1.165) is 55.0 Å². The van der Waals surface area contributed by atoms with Crippen molar-refractivity contribution < 1.29 is 9.47 Å². The van der Waals surface area contributed by atoms with Gasteiger partial charge in [0, 0.05) is 44.5 Å². The molecule has 1 aliphatic rings. The molecule has 2 N–H and O–H groups in total. The molecule has 1 aliphatic heterocycles. The molecule has 0 amide bonds. The molecule has 1 atom stereocenters. The van der Waals surface area contributed by atoms with Crippen LogP contribution in [0, 0.1) is 0 Å². The standard InChI is InChI=1S/C24H31N7O2/c1-25-24(26-14-23-29-27-17-31(23)20-7-5-4-6-8-20)28-19-9-10-30(16-19)15-18-11-21(32-2)13-22(12-18)33-3/h4-8,11-13,17,19H,9-10,14-16H2,1-3H3,(H2,25,26,28). The summed E-state index contributed by atoms with van der Waals surface area (Å²) in [5.74, 6) is 3.20. The number of guanidine groups is 1. The molecule has 1 unspecified atom stereocenters. The fourth-order valence-electron chi connectivity index (χ4n) is 4.04. The van der Waals surface area contributed by atoms with Gasteiger partial charge in [-0.15, -0.1) is 10.2 Å². The zero-order chi connectivity index (χ0) is 23.0. The van der Waals surface area contributed by atoms with Crippen LogP contribution < -0.4 is 20.1 Å². The highest BCUT2D eigenvalue weighted by atomic mass is 16.5. The molecule has 33 heavy (non-hydrogen) atoms. The van der Waals surface area contributed by atoms with Crippen molar-refractivity contribution in [1.82, 2.24) is 30.3 Å². The minimum Gasteiger partial charge on any atom is -0.497 e. The van der Waals surface area contributed by atoms with Crippen LogP contribution in [0.1, 0.15) is 17.8 Å². The van der Waals surface area contributed by atoms with Crippen LogP contribution in [-0.4, -0.2) is 66.0 Å². The molecule has 9 heteroatoms. The number of hydrogen-bond donors (Lipinski definition) is 2. The molecule has 1 aromatic heterocycles. The summed E-state index contributed by atoms with van der Waals surface area (Å²) in [5.41, 5.74) is 2.21. The number of nitrogens with one attached hydrogen (secondary N) is 2. The lowest BCUT2D eigenvalue weighted by Gasteiger charge is -2.19. The Morgan fingerprint density at radius 3 is 2.58 bits per heavy atom. The molecule has 9 nitrogen and oxygen atoms in total. The number of benzene rings is 2. The normalized spacial score (nSPS) is 16.6. The Kier molecular flexibility index (Phi) is 7.41. The van der Waals surface area contributed by atoms with Gasteiger partial charge in [0.2, 0.25) is 0 Å². The van der Waals surface area contributed by atoms with E-state index in [9.17, 15) is 0 Å². The monoisotopic (exact) mass is 449 g/mol. The topological polar surface area (TPSA) is 88.8 Å². The summed E-state index contributed by atoms with van der Waals surface area (Å²) in [4.78, 5) is 6.81. The van der Waals surface area contributed by atoms with Gasteiger partial charge in [0.15, 0.2) is 11.8 Å². The first kappa shape index (κ1) is 22.6. The molecule has 3 aromatic rings. The van der Waals surface area contributed by atoms with Crippen molar-refractivity contribution in [3.63, 3.8) is 0 Å². The fourth-order valence-corrected chi connectivity index (χ4v) is 4.04. The maximum atomic E-state index is 5.40. The minimum absolute atomic E-state index is 0.315. The van der Waals surface area contributed by atoms with Gasteiger partial charge in [0.25, 0.3) is 0 Å². The van der Waals surface area contributed by atoms with Gasteiger partial charge in [-0.05, 0) is 36.2 Å². The van der Waals surface area contributed by atoms with E-state index in [1.54, 1.807) is 27.6 Å². The van der Waals surface area contributed by atoms with Crippen molar-refractivity contribution in [1.29, 1.82) is 0 Å². The average Bonchev–Trinajstić information content (AvgIpc) is 3.51. The van der Waals surface area contributed by atoms with Crippen LogP contribution in [0.2, 0.25) is 0 Å². The van der Waals surface area contributed by atoms with Gasteiger partial charge >= 0.3 is 0 Å². The molecule has 1 saturated heterocycles. The highest BCUT2D eigenvalue weighted by molar-refractivity contribution is 5.79. The van der Waals surface area contributed by atoms with Crippen LogP contribution in [0.5, 0.6) is 11.5 Å². The lowest BCUT2D eigenvalue weighted by atomic mass is 10.2. The van der Waals surface area contributed by atoms with Gasteiger partial charge in [-0.3, -0.25) is 14.5 Å². The summed E-state index contributed by atoms with van der Waals surface area (Å²) in [7, 11) is 5.14. The maximum Gasteiger partial charge on any atom is 0.191 e. The number of methoxy groups -OCH3 is 2. The predicted molar refractivity (Wildman–Crippen MR) is 128 cm³/mol. The van der Waals surface area contributed by atoms with Gasteiger partial charge in [-0.25, -0.2) is 0 Å². The molecule has 0 aliphatic carbocycles. The first-order valence-electron chi connectivity index (χ1n) is 11.0. The van der Waals surface area contributed by atoms with E-state index in [4.69, 9.17) is 9.47 Å². The third kappa shape index (κ3) is 5.81. The molecule has 4 rings (SSSR count). The van der Waals surface area contributed by atoms with E-state index in [2.05, 4.69) is 42.9 Å². The molecule has 1 fully saturated rings. The molecule has 0 radical (unpaired) electrons. The summed E-state index contributed by atoms with van der Waals surface area (Å²) >= 11 is 0. The minimum atomic E-state index is 0.315. The molecule has 0 saturated carbocycles. The molecule has 2 aromatic carbocycles. The Bertz CT molecular complexity index is 1050. The zero-order valence-corrected chi connectivity index (χ0v) is 19.4. The van der Waals surface area contributed by atoms with Crippen LogP contribution in [0.15, 0.2) is 59.9 Å². The summed E-state index contributed by atoms with van der Waals surface area (Å²) in [6, 6.07) is 16.4. The van der Waals surface area contributed by atoms with Crippen LogP contribution in [-0.2, 0) is 13.1 Å². The Morgan fingerprint density at radius 1 is 1.12 bits per heavy atom. The third-order valence-electron chi connectivity index (χ3n) is 5.72. The second kappa shape index (κ2) is 10.8. The largest absolute Gasteiger partial charge is 0.497 e. The number of aliphatic imine (C=N–C) groups is 1.